The number of rotatable bonds is 5. The molecule has 1 fully saturated rings. The molecule has 0 amide bonds. The smallest absolute Gasteiger partial charge is 0.271 e. The molecule has 1 aliphatic rings. The van der Waals surface area contributed by atoms with Crippen molar-refractivity contribution in [3.8, 4) is 5.69 Å². The molecule has 3 aromatic rings. The average Bonchev–Trinajstić information content (AvgIpc) is 2.80. The molecule has 1 saturated heterocycles. The van der Waals surface area contributed by atoms with Crippen LogP contribution in [0.3, 0.4) is 0 Å². The van der Waals surface area contributed by atoms with E-state index in [0.29, 0.717) is 53.5 Å². The Bertz CT molecular complexity index is 1250. The fraction of sp³-hybridized carbons (Fsp3) is 0.304. The number of benzene rings is 2. The van der Waals surface area contributed by atoms with Crippen LogP contribution in [0.4, 0.5) is 5.82 Å². The molecule has 0 spiro atoms. The lowest BCUT2D eigenvalue weighted by molar-refractivity contribution is 0.383. The second-order valence-corrected chi connectivity index (χ2v) is 10.4. The molecule has 2 aromatic carbocycles. The van der Waals surface area contributed by atoms with Crippen LogP contribution >= 0.6 is 11.6 Å². The molecule has 1 aliphatic heterocycles. The topological polar surface area (TPSA) is 75.5 Å². The first-order chi connectivity index (χ1) is 15.3. The lowest BCUT2D eigenvalue weighted by Gasteiger charge is -2.34. The number of halogens is 1. The van der Waals surface area contributed by atoms with Crippen molar-refractivity contribution < 1.29 is 8.42 Å². The number of hydrogen-bond donors (Lipinski definition) is 0. The van der Waals surface area contributed by atoms with Gasteiger partial charge in [0.15, 0.2) is 0 Å². The van der Waals surface area contributed by atoms with Gasteiger partial charge in [0.1, 0.15) is 5.82 Å². The molecule has 0 N–H and O–H groups in total. The maximum Gasteiger partial charge on any atom is 0.271 e. The average molecular weight is 473 g/mol. The minimum atomic E-state index is -3.55. The van der Waals surface area contributed by atoms with Gasteiger partial charge in [-0.05, 0) is 53.9 Å². The van der Waals surface area contributed by atoms with Gasteiger partial charge >= 0.3 is 0 Å². The van der Waals surface area contributed by atoms with Crippen molar-refractivity contribution in [2.75, 3.05) is 31.1 Å². The maximum atomic E-state index is 13.1. The molecule has 168 valence electrons. The van der Waals surface area contributed by atoms with Crippen LogP contribution < -0.4 is 10.5 Å². The van der Waals surface area contributed by atoms with Crippen LogP contribution in [0.25, 0.3) is 5.69 Å². The molecule has 32 heavy (non-hydrogen) atoms. The van der Waals surface area contributed by atoms with Crippen LogP contribution in [0.1, 0.15) is 25.3 Å². The number of sulfonamides is 1. The van der Waals surface area contributed by atoms with Crippen molar-refractivity contribution in [1.29, 1.82) is 0 Å². The van der Waals surface area contributed by atoms with Crippen molar-refractivity contribution in [2.24, 2.45) is 0 Å². The summed E-state index contributed by atoms with van der Waals surface area (Å²) < 4.78 is 28.9. The number of piperazine rings is 1. The van der Waals surface area contributed by atoms with Crippen molar-refractivity contribution in [3.63, 3.8) is 0 Å². The van der Waals surface area contributed by atoms with Gasteiger partial charge in [-0.3, -0.25) is 4.79 Å². The van der Waals surface area contributed by atoms with Crippen LogP contribution in [0.15, 0.2) is 70.4 Å². The lowest BCUT2D eigenvalue weighted by Crippen LogP contribution is -2.49. The summed E-state index contributed by atoms with van der Waals surface area (Å²) >= 11 is 5.94. The first-order valence-electron chi connectivity index (χ1n) is 10.5. The van der Waals surface area contributed by atoms with Gasteiger partial charge in [-0.1, -0.05) is 37.6 Å². The van der Waals surface area contributed by atoms with Crippen LogP contribution in [-0.4, -0.2) is 48.7 Å². The van der Waals surface area contributed by atoms with E-state index >= 15 is 0 Å². The molecule has 0 unspecified atom stereocenters. The largest absolute Gasteiger partial charge is 0.353 e. The maximum absolute atomic E-state index is 13.1. The third kappa shape index (κ3) is 4.57. The van der Waals surface area contributed by atoms with E-state index in [2.05, 4.69) is 18.9 Å². The Balaban J connectivity index is 1.49. The van der Waals surface area contributed by atoms with Crippen molar-refractivity contribution in [1.82, 2.24) is 14.1 Å². The molecule has 0 aliphatic carbocycles. The number of aromatic nitrogens is 2. The molecule has 7 nitrogen and oxygen atoms in total. The van der Waals surface area contributed by atoms with E-state index in [1.54, 1.807) is 42.5 Å². The molecular formula is C23H25ClN4O3S. The first kappa shape index (κ1) is 22.5. The molecule has 0 bridgehead atoms. The van der Waals surface area contributed by atoms with Gasteiger partial charge in [0, 0.05) is 37.3 Å². The third-order valence-electron chi connectivity index (χ3n) is 5.60. The highest BCUT2D eigenvalue weighted by molar-refractivity contribution is 7.89. The van der Waals surface area contributed by atoms with Crippen LogP contribution in [0, 0.1) is 0 Å². The Morgan fingerprint density at radius 1 is 0.875 bits per heavy atom. The van der Waals surface area contributed by atoms with Crippen molar-refractivity contribution in [2.45, 2.75) is 24.7 Å². The molecule has 9 heteroatoms. The van der Waals surface area contributed by atoms with E-state index in [0.717, 1.165) is 5.56 Å². The zero-order valence-electron chi connectivity index (χ0n) is 18.0. The first-order valence-corrected chi connectivity index (χ1v) is 12.3. The Morgan fingerprint density at radius 2 is 1.50 bits per heavy atom. The van der Waals surface area contributed by atoms with Crippen LogP contribution in [-0.2, 0) is 10.0 Å². The third-order valence-corrected chi connectivity index (χ3v) is 7.77. The van der Waals surface area contributed by atoms with Gasteiger partial charge in [-0.25, -0.2) is 8.42 Å². The molecule has 1 aromatic heterocycles. The summed E-state index contributed by atoms with van der Waals surface area (Å²) in [7, 11) is -3.55. The molecule has 0 atom stereocenters. The second-order valence-electron chi connectivity index (χ2n) is 8.03. The Kier molecular flexibility index (Phi) is 6.37. The number of anilines is 1. The molecular weight excluding hydrogens is 448 g/mol. The predicted molar refractivity (Wildman–Crippen MR) is 126 cm³/mol. The van der Waals surface area contributed by atoms with Gasteiger partial charge in [0.25, 0.3) is 5.56 Å². The van der Waals surface area contributed by atoms with E-state index in [-0.39, 0.29) is 5.56 Å². The monoisotopic (exact) mass is 472 g/mol. The van der Waals surface area contributed by atoms with Crippen molar-refractivity contribution in [3.05, 3.63) is 81.6 Å². The van der Waals surface area contributed by atoms with E-state index in [1.165, 1.54) is 15.1 Å². The SMILES string of the molecule is CC(C)c1ccc(S(=O)(=O)N2CCN(c3ccc(=O)n(-c4ccc(Cl)cc4)n3)CC2)cc1. The quantitative estimate of drug-likeness (QED) is 0.568. The van der Waals surface area contributed by atoms with Crippen LogP contribution in [0.2, 0.25) is 5.02 Å². The standard InChI is InChI=1S/C23H25ClN4O3S/c1-17(2)18-3-9-21(10-4-18)32(30,31)27-15-13-26(14-16-27)22-11-12-23(29)28(25-22)20-7-5-19(24)6-8-20/h3-12,17H,13-16H2,1-2H3. The van der Waals surface area contributed by atoms with Crippen LogP contribution in [0.5, 0.6) is 0 Å². The summed E-state index contributed by atoms with van der Waals surface area (Å²) in [6, 6.07) is 17.1. The lowest BCUT2D eigenvalue weighted by atomic mass is 10.0. The van der Waals surface area contributed by atoms with Gasteiger partial charge in [0.2, 0.25) is 10.0 Å². The summed E-state index contributed by atoms with van der Waals surface area (Å²) in [6.45, 7) is 5.80. The normalized spacial score (nSPS) is 15.3. The summed E-state index contributed by atoms with van der Waals surface area (Å²) in [5.74, 6) is 0.969. The highest BCUT2D eigenvalue weighted by atomic mass is 35.5. The minimum absolute atomic E-state index is 0.248. The van der Waals surface area contributed by atoms with E-state index in [9.17, 15) is 13.2 Å². The zero-order valence-corrected chi connectivity index (χ0v) is 19.6. The van der Waals surface area contributed by atoms with Gasteiger partial charge < -0.3 is 4.90 Å². The Morgan fingerprint density at radius 3 is 2.09 bits per heavy atom. The summed E-state index contributed by atoms with van der Waals surface area (Å²) in [4.78, 5) is 14.6. The zero-order chi connectivity index (χ0) is 22.9. The van der Waals surface area contributed by atoms with E-state index in [1.807, 2.05) is 17.0 Å². The van der Waals surface area contributed by atoms with Gasteiger partial charge in [0.05, 0.1) is 10.6 Å². The summed E-state index contributed by atoms with van der Waals surface area (Å²) in [5, 5.41) is 5.06. The van der Waals surface area contributed by atoms with Crippen molar-refractivity contribution >= 4 is 27.4 Å². The minimum Gasteiger partial charge on any atom is -0.353 e. The summed E-state index contributed by atoms with van der Waals surface area (Å²) in [6.07, 6.45) is 0. The molecule has 0 saturated carbocycles. The number of hydrogen-bond acceptors (Lipinski definition) is 5. The highest BCUT2D eigenvalue weighted by Crippen LogP contribution is 2.22. The molecule has 0 radical (unpaired) electrons. The Labute approximate surface area is 192 Å². The van der Waals surface area contributed by atoms with E-state index in [4.69, 9.17) is 11.6 Å². The highest BCUT2D eigenvalue weighted by Gasteiger charge is 2.29. The molecule has 4 rings (SSSR count). The number of nitrogens with zero attached hydrogens (tertiary/aromatic N) is 4. The fourth-order valence-electron chi connectivity index (χ4n) is 3.67. The van der Waals surface area contributed by atoms with Gasteiger partial charge in [-0.2, -0.15) is 8.99 Å². The molecule has 2 heterocycles. The second kappa shape index (κ2) is 9.05. The van der Waals surface area contributed by atoms with Gasteiger partial charge in [-0.15, -0.1) is 5.10 Å². The Hall–Kier alpha value is -2.68. The predicted octanol–water partition coefficient (Wildman–Crippen LogP) is 3.52. The fourth-order valence-corrected chi connectivity index (χ4v) is 5.22. The van der Waals surface area contributed by atoms with E-state index < -0.39 is 10.0 Å². The summed E-state index contributed by atoms with van der Waals surface area (Å²) in [5.41, 5.74) is 1.48.